The topological polar surface area (TPSA) is 114 Å². The Balaban J connectivity index is 1.71. The van der Waals surface area contributed by atoms with E-state index in [1.807, 2.05) is 32.0 Å². The van der Waals surface area contributed by atoms with Gasteiger partial charge in [-0.1, -0.05) is 54.2 Å². The first-order valence-electron chi connectivity index (χ1n) is 11.3. The fourth-order valence-electron chi connectivity index (χ4n) is 4.27. The van der Waals surface area contributed by atoms with E-state index in [1.54, 1.807) is 24.3 Å². The summed E-state index contributed by atoms with van der Waals surface area (Å²) in [6.45, 7) is 3.94. The number of carbonyl (C=O) groups is 2. The lowest BCUT2D eigenvalue weighted by molar-refractivity contribution is -0.384. The van der Waals surface area contributed by atoms with Crippen LogP contribution in [-0.4, -0.2) is 26.7 Å². The molecular formula is C27H21N3O5S. The van der Waals surface area contributed by atoms with Crippen LogP contribution in [0.15, 0.2) is 72.3 Å². The molecule has 36 heavy (non-hydrogen) atoms. The number of non-ortho nitro benzene ring substituents is 1. The number of hydrogen-bond donors (Lipinski definition) is 1. The predicted octanol–water partition coefficient (Wildman–Crippen LogP) is 5.70. The van der Waals surface area contributed by atoms with Gasteiger partial charge in [-0.3, -0.25) is 24.6 Å². The SMILES string of the molecule is CCc1ccc2nc(N3C(=O)C(=O)/C(=C(/O)c4ccc(C)cc4)C3c3ccc([N+](=O)[O-])cc3)sc2c1. The van der Waals surface area contributed by atoms with Gasteiger partial charge in [0.05, 0.1) is 26.8 Å². The Labute approximate surface area is 210 Å². The van der Waals surface area contributed by atoms with Gasteiger partial charge in [-0.25, -0.2) is 4.98 Å². The van der Waals surface area contributed by atoms with Gasteiger partial charge in [0.1, 0.15) is 5.76 Å². The Morgan fingerprint density at radius 2 is 1.78 bits per heavy atom. The molecule has 0 saturated carbocycles. The number of rotatable bonds is 5. The number of nitro benzene ring substituents is 1. The first kappa shape index (κ1) is 23.4. The summed E-state index contributed by atoms with van der Waals surface area (Å²) in [5.74, 6) is -1.97. The van der Waals surface area contributed by atoms with Gasteiger partial charge in [-0.15, -0.1) is 0 Å². The summed E-state index contributed by atoms with van der Waals surface area (Å²) in [4.78, 5) is 43.2. The summed E-state index contributed by atoms with van der Waals surface area (Å²) in [5.41, 5.74) is 3.40. The number of fused-ring (bicyclic) bond motifs is 1. The molecule has 1 aliphatic heterocycles. The van der Waals surface area contributed by atoms with Crippen molar-refractivity contribution in [3.05, 3.63) is 105 Å². The number of Topliss-reactive ketones (excluding diaryl/α,β-unsaturated/α-hetero) is 1. The molecule has 1 atom stereocenters. The second-order valence-corrected chi connectivity index (χ2v) is 9.54. The van der Waals surface area contributed by atoms with E-state index in [1.165, 1.54) is 40.5 Å². The molecule has 1 saturated heterocycles. The van der Waals surface area contributed by atoms with E-state index in [-0.39, 0.29) is 17.0 Å². The van der Waals surface area contributed by atoms with Crippen molar-refractivity contribution in [1.82, 2.24) is 4.98 Å². The van der Waals surface area contributed by atoms with E-state index in [0.29, 0.717) is 21.8 Å². The quantitative estimate of drug-likeness (QED) is 0.124. The van der Waals surface area contributed by atoms with Crippen LogP contribution in [0.25, 0.3) is 16.0 Å². The number of ketones is 1. The third kappa shape index (κ3) is 3.93. The summed E-state index contributed by atoms with van der Waals surface area (Å²) < 4.78 is 0.868. The number of nitro groups is 1. The average Bonchev–Trinajstić information content (AvgIpc) is 3.41. The molecule has 180 valence electrons. The number of hydrogen-bond acceptors (Lipinski definition) is 7. The van der Waals surface area contributed by atoms with Crippen LogP contribution in [0.1, 0.15) is 35.2 Å². The second kappa shape index (κ2) is 9.01. The van der Waals surface area contributed by atoms with Gasteiger partial charge in [0.15, 0.2) is 5.13 Å². The number of anilines is 1. The first-order valence-corrected chi connectivity index (χ1v) is 12.1. The Bertz CT molecular complexity index is 1550. The van der Waals surface area contributed by atoms with Crippen LogP contribution >= 0.6 is 11.3 Å². The van der Waals surface area contributed by atoms with Gasteiger partial charge < -0.3 is 5.11 Å². The molecule has 8 nitrogen and oxygen atoms in total. The van der Waals surface area contributed by atoms with Crippen molar-refractivity contribution in [3.8, 4) is 0 Å². The van der Waals surface area contributed by atoms with Crippen molar-refractivity contribution < 1.29 is 19.6 Å². The molecular weight excluding hydrogens is 478 g/mol. The maximum atomic E-state index is 13.4. The second-order valence-electron chi connectivity index (χ2n) is 8.54. The van der Waals surface area contributed by atoms with E-state index >= 15 is 0 Å². The van der Waals surface area contributed by atoms with Crippen molar-refractivity contribution in [3.63, 3.8) is 0 Å². The van der Waals surface area contributed by atoms with E-state index < -0.39 is 22.7 Å². The van der Waals surface area contributed by atoms with Gasteiger partial charge in [0.2, 0.25) is 0 Å². The Hall–Kier alpha value is -4.37. The smallest absolute Gasteiger partial charge is 0.301 e. The number of aryl methyl sites for hydroxylation is 2. The molecule has 1 amide bonds. The third-order valence-electron chi connectivity index (χ3n) is 6.24. The highest BCUT2D eigenvalue weighted by molar-refractivity contribution is 7.22. The molecule has 1 unspecified atom stereocenters. The standard InChI is InChI=1S/C27H21N3O5S/c1-3-16-6-13-20-21(14-16)36-27(28-20)29-23(17-9-11-19(12-10-17)30(34)35)22(25(32)26(29)33)24(31)18-7-4-15(2)5-8-18/h4-14,23,31H,3H2,1-2H3/b24-22+. The van der Waals surface area contributed by atoms with Gasteiger partial charge in [-0.2, -0.15) is 0 Å². The maximum absolute atomic E-state index is 13.4. The molecule has 0 bridgehead atoms. The zero-order chi connectivity index (χ0) is 25.6. The molecule has 9 heteroatoms. The summed E-state index contributed by atoms with van der Waals surface area (Å²) in [6.07, 6.45) is 0.840. The van der Waals surface area contributed by atoms with E-state index in [9.17, 15) is 24.8 Å². The Morgan fingerprint density at radius 3 is 2.42 bits per heavy atom. The lowest BCUT2D eigenvalue weighted by Crippen LogP contribution is -2.29. The monoisotopic (exact) mass is 499 g/mol. The molecule has 0 radical (unpaired) electrons. The zero-order valence-electron chi connectivity index (χ0n) is 19.5. The maximum Gasteiger partial charge on any atom is 0.301 e. The fraction of sp³-hybridized carbons (Fsp3) is 0.148. The highest BCUT2D eigenvalue weighted by Gasteiger charge is 2.48. The number of aromatic nitrogens is 1. The molecule has 1 N–H and O–H groups in total. The predicted molar refractivity (Wildman–Crippen MR) is 138 cm³/mol. The van der Waals surface area contributed by atoms with Crippen LogP contribution < -0.4 is 4.90 Å². The minimum absolute atomic E-state index is 0.0915. The lowest BCUT2D eigenvalue weighted by Gasteiger charge is -2.22. The molecule has 3 aromatic carbocycles. The number of thiazole rings is 1. The number of nitrogens with zero attached hydrogens (tertiary/aromatic N) is 3. The van der Waals surface area contributed by atoms with Crippen LogP contribution in [0.4, 0.5) is 10.8 Å². The summed E-state index contributed by atoms with van der Waals surface area (Å²) in [5, 5.41) is 22.7. The van der Waals surface area contributed by atoms with Crippen molar-refractivity contribution in [1.29, 1.82) is 0 Å². The number of amides is 1. The van der Waals surface area contributed by atoms with Crippen LogP contribution in [-0.2, 0) is 16.0 Å². The average molecular weight is 500 g/mol. The molecule has 4 aromatic rings. The summed E-state index contributed by atoms with van der Waals surface area (Å²) >= 11 is 1.28. The van der Waals surface area contributed by atoms with Gasteiger partial charge in [0, 0.05) is 17.7 Å². The van der Waals surface area contributed by atoms with Crippen molar-refractivity contribution in [2.24, 2.45) is 0 Å². The van der Waals surface area contributed by atoms with Crippen LogP contribution in [0.5, 0.6) is 0 Å². The largest absolute Gasteiger partial charge is 0.507 e. The van der Waals surface area contributed by atoms with Crippen LogP contribution in [0.3, 0.4) is 0 Å². The van der Waals surface area contributed by atoms with E-state index in [2.05, 4.69) is 4.98 Å². The molecule has 5 rings (SSSR count). The minimum atomic E-state index is -1.00. The number of carbonyl (C=O) groups excluding carboxylic acids is 2. The molecule has 1 aliphatic rings. The molecule has 2 heterocycles. The highest BCUT2D eigenvalue weighted by atomic mass is 32.1. The highest BCUT2D eigenvalue weighted by Crippen LogP contribution is 2.44. The normalized spacial score (nSPS) is 17.2. The van der Waals surface area contributed by atoms with Gasteiger partial charge >= 0.3 is 5.91 Å². The van der Waals surface area contributed by atoms with Crippen LogP contribution in [0.2, 0.25) is 0 Å². The lowest BCUT2D eigenvalue weighted by atomic mass is 9.95. The third-order valence-corrected chi connectivity index (χ3v) is 7.26. The summed E-state index contributed by atoms with van der Waals surface area (Å²) in [6, 6.07) is 17.4. The van der Waals surface area contributed by atoms with E-state index in [0.717, 1.165) is 22.2 Å². The summed E-state index contributed by atoms with van der Waals surface area (Å²) in [7, 11) is 0. The van der Waals surface area contributed by atoms with Crippen molar-refractivity contribution in [2.45, 2.75) is 26.3 Å². The first-order chi connectivity index (χ1) is 17.3. The Morgan fingerprint density at radius 1 is 1.08 bits per heavy atom. The number of aliphatic hydroxyl groups excluding tert-OH is 1. The molecule has 0 aliphatic carbocycles. The zero-order valence-corrected chi connectivity index (χ0v) is 20.3. The van der Waals surface area contributed by atoms with Crippen molar-refractivity contribution >= 4 is 49.8 Å². The van der Waals surface area contributed by atoms with Crippen molar-refractivity contribution in [2.75, 3.05) is 4.90 Å². The molecule has 0 spiro atoms. The minimum Gasteiger partial charge on any atom is -0.507 e. The fourth-order valence-corrected chi connectivity index (χ4v) is 5.33. The van der Waals surface area contributed by atoms with Crippen LogP contribution in [0, 0.1) is 17.0 Å². The van der Waals surface area contributed by atoms with Gasteiger partial charge in [-0.05, 0) is 48.7 Å². The molecule has 1 aromatic heterocycles. The molecule has 1 fully saturated rings. The van der Waals surface area contributed by atoms with Gasteiger partial charge in [0.25, 0.3) is 11.5 Å². The Kier molecular flexibility index (Phi) is 5.85. The number of aliphatic hydroxyl groups is 1. The van der Waals surface area contributed by atoms with E-state index in [4.69, 9.17) is 0 Å². The number of benzene rings is 3.